The first-order valence-electron chi connectivity index (χ1n) is 6.82. The summed E-state index contributed by atoms with van der Waals surface area (Å²) in [6.45, 7) is 1.48. The van der Waals surface area contributed by atoms with Crippen molar-refractivity contribution >= 4 is 17.2 Å². The third kappa shape index (κ3) is 3.20. The highest BCUT2D eigenvalue weighted by molar-refractivity contribution is 7.07. The average Bonchev–Trinajstić information content (AvgIpc) is 3.11. The molecule has 3 nitrogen and oxygen atoms in total. The molecule has 1 fully saturated rings. The molecule has 0 spiro atoms. The molecule has 20 heavy (non-hydrogen) atoms. The Bertz CT molecular complexity index is 553. The Morgan fingerprint density at radius 3 is 2.90 bits per heavy atom. The van der Waals surface area contributed by atoms with Crippen LogP contribution in [0.1, 0.15) is 12.0 Å². The fraction of sp³-hybridized carbons (Fsp3) is 0.312. The summed E-state index contributed by atoms with van der Waals surface area (Å²) in [5, 5.41) is 4.04. The lowest BCUT2D eigenvalue weighted by molar-refractivity contribution is -0.129. The van der Waals surface area contributed by atoms with Gasteiger partial charge >= 0.3 is 0 Å². The number of likely N-dealkylation sites (tertiary alicyclic amines) is 1. The molecule has 1 unspecified atom stereocenters. The summed E-state index contributed by atoms with van der Waals surface area (Å²) in [5.74, 6) is 1.08. The van der Waals surface area contributed by atoms with E-state index in [1.54, 1.807) is 11.3 Å². The largest absolute Gasteiger partial charge is 0.489 e. The molecule has 1 aliphatic rings. The van der Waals surface area contributed by atoms with Crippen LogP contribution in [0.3, 0.4) is 0 Å². The molecule has 0 aliphatic carbocycles. The Kier molecular flexibility index (Phi) is 4.02. The lowest BCUT2D eigenvalue weighted by atomic mass is 10.2. The van der Waals surface area contributed by atoms with E-state index in [4.69, 9.17) is 4.74 Å². The maximum atomic E-state index is 12.2. The van der Waals surface area contributed by atoms with Crippen molar-refractivity contribution in [2.75, 3.05) is 13.1 Å². The molecule has 2 aromatic rings. The van der Waals surface area contributed by atoms with Crippen molar-refractivity contribution in [3.05, 3.63) is 52.7 Å². The van der Waals surface area contributed by atoms with Gasteiger partial charge in [-0.15, -0.1) is 0 Å². The van der Waals surface area contributed by atoms with Crippen molar-refractivity contribution < 1.29 is 9.53 Å². The zero-order valence-electron chi connectivity index (χ0n) is 11.2. The van der Waals surface area contributed by atoms with E-state index in [1.807, 2.05) is 52.1 Å². The molecular weight excluding hydrogens is 270 g/mol. The van der Waals surface area contributed by atoms with E-state index in [0.29, 0.717) is 13.0 Å². The summed E-state index contributed by atoms with van der Waals surface area (Å²) in [5.41, 5.74) is 1.10. The van der Waals surface area contributed by atoms with Gasteiger partial charge in [0.1, 0.15) is 11.9 Å². The maximum absolute atomic E-state index is 12.2. The first kappa shape index (κ1) is 13.2. The van der Waals surface area contributed by atoms with E-state index in [0.717, 1.165) is 24.3 Å². The lowest BCUT2D eigenvalue weighted by Crippen LogP contribution is -2.32. The van der Waals surface area contributed by atoms with Gasteiger partial charge in [-0.25, -0.2) is 0 Å². The number of amides is 1. The molecule has 1 atom stereocenters. The number of ether oxygens (including phenoxy) is 1. The normalized spacial score (nSPS) is 18.2. The van der Waals surface area contributed by atoms with E-state index in [9.17, 15) is 4.79 Å². The van der Waals surface area contributed by atoms with Gasteiger partial charge in [-0.1, -0.05) is 18.2 Å². The van der Waals surface area contributed by atoms with Gasteiger partial charge < -0.3 is 9.64 Å². The molecule has 4 heteroatoms. The predicted molar refractivity (Wildman–Crippen MR) is 80.1 cm³/mol. The number of rotatable bonds is 4. The number of carbonyl (C=O) groups excluding carboxylic acids is 1. The summed E-state index contributed by atoms with van der Waals surface area (Å²) < 4.78 is 5.90. The smallest absolute Gasteiger partial charge is 0.227 e. The summed E-state index contributed by atoms with van der Waals surface area (Å²) in [6, 6.07) is 11.8. The maximum Gasteiger partial charge on any atom is 0.227 e. The highest BCUT2D eigenvalue weighted by Crippen LogP contribution is 2.19. The Balaban J connectivity index is 1.53. The molecule has 2 heterocycles. The van der Waals surface area contributed by atoms with Crippen LogP contribution in [0.5, 0.6) is 5.75 Å². The second-order valence-electron chi connectivity index (χ2n) is 4.99. The van der Waals surface area contributed by atoms with Gasteiger partial charge in [-0.05, 0) is 34.5 Å². The summed E-state index contributed by atoms with van der Waals surface area (Å²) in [6.07, 6.45) is 1.52. The van der Waals surface area contributed by atoms with Crippen molar-refractivity contribution in [1.82, 2.24) is 4.90 Å². The van der Waals surface area contributed by atoms with E-state index in [2.05, 4.69) is 0 Å². The van der Waals surface area contributed by atoms with Gasteiger partial charge in [-0.3, -0.25) is 4.79 Å². The molecule has 1 saturated heterocycles. The highest BCUT2D eigenvalue weighted by atomic mass is 32.1. The molecule has 1 aliphatic heterocycles. The fourth-order valence-corrected chi connectivity index (χ4v) is 3.09. The van der Waals surface area contributed by atoms with Gasteiger partial charge in [0.15, 0.2) is 0 Å². The van der Waals surface area contributed by atoms with Gasteiger partial charge in [0.25, 0.3) is 0 Å². The van der Waals surface area contributed by atoms with E-state index < -0.39 is 0 Å². The van der Waals surface area contributed by atoms with Crippen LogP contribution in [-0.2, 0) is 11.2 Å². The SMILES string of the molecule is O=C(Cc1ccsc1)N1CCC(Oc2ccccc2)C1. The minimum Gasteiger partial charge on any atom is -0.489 e. The number of hydrogen-bond donors (Lipinski definition) is 0. The number of thiophene rings is 1. The standard InChI is InChI=1S/C16H17NO2S/c18-16(10-13-7-9-20-12-13)17-8-6-15(11-17)19-14-4-2-1-3-5-14/h1-5,7,9,12,15H,6,8,10-11H2. The number of nitrogens with zero attached hydrogens (tertiary/aromatic N) is 1. The van der Waals surface area contributed by atoms with Crippen LogP contribution < -0.4 is 4.74 Å². The first-order valence-corrected chi connectivity index (χ1v) is 7.76. The minimum absolute atomic E-state index is 0.115. The zero-order chi connectivity index (χ0) is 13.8. The van der Waals surface area contributed by atoms with Crippen LogP contribution in [0.4, 0.5) is 0 Å². The van der Waals surface area contributed by atoms with Crippen LogP contribution in [0, 0.1) is 0 Å². The van der Waals surface area contributed by atoms with Gasteiger partial charge in [0.05, 0.1) is 13.0 Å². The summed E-state index contributed by atoms with van der Waals surface area (Å²) >= 11 is 1.63. The minimum atomic E-state index is 0.115. The van der Waals surface area contributed by atoms with E-state index >= 15 is 0 Å². The highest BCUT2D eigenvalue weighted by Gasteiger charge is 2.27. The molecule has 0 radical (unpaired) electrons. The molecule has 1 aromatic carbocycles. The number of para-hydroxylation sites is 1. The van der Waals surface area contributed by atoms with Gasteiger partial charge in [0, 0.05) is 13.0 Å². The van der Waals surface area contributed by atoms with Crippen LogP contribution in [0.25, 0.3) is 0 Å². The third-order valence-electron chi connectivity index (χ3n) is 3.48. The first-order chi connectivity index (χ1) is 9.81. The average molecular weight is 287 g/mol. The molecule has 1 amide bonds. The van der Waals surface area contributed by atoms with Gasteiger partial charge in [0.2, 0.25) is 5.91 Å². The van der Waals surface area contributed by atoms with Crippen molar-refractivity contribution in [1.29, 1.82) is 0 Å². The zero-order valence-corrected chi connectivity index (χ0v) is 12.0. The number of benzene rings is 1. The van der Waals surface area contributed by atoms with Crippen LogP contribution >= 0.6 is 11.3 Å². The van der Waals surface area contributed by atoms with Crippen LogP contribution in [0.2, 0.25) is 0 Å². The molecule has 1 aromatic heterocycles. The van der Waals surface area contributed by atoms with Crippen molar-refractivity contribution in [3.63, 3.8) is 0 Å². The predicted octanol–water partition coefficient (Wildman–Crippen LogP) is 2.97. The second-order valence-corrected chi connectivity index (χ2v) is 5.77. The van der Waals surface area contributed by atoms with E-state index in [1.165, 1.54) is 0 Å². The molecule has 0 bridgehead atoms. The quantitative estimate of drug-likeness (QED) is 0.865. The van der Waals surface area contributed by atoms with Crippen molar-refractivity contribution in [2.24, 2.45) is 0 Å². The Hall–Kier alpha value is -1.81. The lowest BCUT2D eigenvalue weighted by Gasteiger charge is -2.17. The summed E-state index contributed by atoms with van der Waals surface area (Å²) in [7, 11) is 0. The third-order valence-corrected chi connectivity index (χ3v) is 4.21. The number of carbonyl (C=O) groups is 1. The Morgan fingerprint density at radius 1 is 1.30 bits per heavy atom. The number of hydrogen-bond acceptors (Lipinski definition) is 3. The Morgan fingerprint density at radius 2 is 2.15 bits per heavy atom. The van der Waals surface area contributed by atoms with Crippen LogP contribution in [0.15, 0.2) is 47.2 Å². The topological polar surface area (TPSA) is 29.5 Å². The Labute approximate surface area is 122 Å². The monoisotopic (exact) mass is 287 g/mol. The van der Waals surface area contributed by atoms with Crippen molar-refractivity contribution in [2.45, 2.75) is 18.9 Å². The molecule has 104 valence electrons. The van der Waals surface area contributed by atoms with E-state index in [-0.39, 0.29) is 12.0 Å². The van der Waals surface area contributed by atoms with Crippen molar-refractivity contribution in [3.8, 4) is 5.75 Å². The molecule has 3 rings (SSSR count). The van der Waals surface area contributed by atoms with Crippen LogP contribution in [-0.4, -0.2) is 30.0 Å². The van der Waals surface area contributed by atoms with Gasteiger partial charge in [-0.2, -0.15) is 11.3 Å². The second kappa shape index (κ2) is 6.09. The molecule has 0 saturated carbocycles. The fourth-order valence-electron chi connectivity index (χ4n) is 2.42. The molecule has 0 N–H and O–H groups in total. The molecular formula is C16H17NO2S. The summed E-state index contributed by atoms with van der Waals surface area (Å²) in [4.78, 5) is 14.1.